The molecular formula is C29H34N2O3. The molecular weight excluding hydrogens is 424 g/mol. The molecule has 0 saturated heterocycles. The van der Waals surface area contributed by atoms with Gasteiger partial charge in [0.15, 0.2) is 0 Å². The van der Waals surface area contributed by atoms with Gasteiger partial charge in [-0.2, -0.15) is 0 Å². The monoisotopic (exact) mass is 458 g/mol. The summed E-state index contributed by atoms with van der Waals surface area (Å²) >= 11 is 0. The highest BCUT2D eigenvalue weighted by atomic mass is 16.5. The van der Waals surface area contributed by atoms with E-state index in [-0.39, 0.29) is 11.8 Å². The van der Waals surface area contributed by atoms with Gasteiger partial charge in [-0.05, 0) is 41.7 Å². The van der Waals surface area contributed by atoms with Crippen LogP contribution in [-0.4, -0.2) is 36.4 Å². The third kappa shape index (κ3) is 7.48. The molecule has 0 bridgehead atoms. The Morgan fingerprint density at radius 3 is 2.06 bits per heavy atom. The lowest BCUT2D eigenvalue weighted by Gasteiger charge is -2.31. The first-order valence-corrected chi connectivity index (χ1v) is 11.9. The summed E-state index contributed by atoms with van der Waals surface area (Å²) < 4.78 is 5.21. The van der Waals surface area contributed by atoms with Crippen LogP contribution in [0.4, 0.5) is 0 Å². The van der Waals surface area contributed by atoms with Gasteiger partial charge < -0.3 is 15.0 Å². The number of ether oxygens (including phenoxy) is 1. The summed E-state index contributed by atoms with van der Waals surface area (Å²) in [4.78, 5) is 28.4. The highest BCUT2D eigenvalue weighted by molar-refractivity contribution is 5.88. The summed E-state index contributed by atoms with van der Waals surface area (Å²) in [6, 6.07) is 27.0. The van der Waals surface area contributed by atoms with Crippen molar-refractivity contribution >= 4 is 11.8 Å². The fourth-order valence-electron chi connectivity index (χ4n) is 3.93. The number of nitrogens with one attached hydrogen (secondary N) is 1. The Bertz CT molecular complexity index is 1020. The van der Waals surface area contributed by atoms with E-state index in [1.54, 1.807) is 12.0 Å². The minimum absolute atomic E-state index is 0.00223. The molecule has 3 aromatic carbocycles. The number of amides is 2. The molecule has 5 nitrogen and oxygen atoms in total. The molecule has 0 aliphatic heterocycles. The predicted octanol–water partition coefficient (Wildman–Crippen LogP) is 4.79. The highest BCUT2D eigenvalue weighted by Crippen LogP contribution is 2.17. The van der Waals surface area contributed by atoms with Gasteiger partial charge in [0.25, 0.3) is 0 Å². The van der Waals surface area contributed by atoms with E-state index in [2.05, 4.69) is 5.32 Å². The molecule has 0 spiro atoms. The summed E-state index contributed by atoms with van der Waals surface area (Å²) in [6.07, 6.45) is 2.32. The van der Waals surface area contributed by atoms with E-state index in [1.165, 1.54) is 0 Å². The van der Waals surface area contributed by atoms with Crippen molar-refractivity contribution in [2.75, 3.05) is 13.7 Å². The van der Waals surface area contributed by atoms with E-state index in [0.717, 1.165) is 28.9 Å². The number of hydrogen-bond acceptors (Lipinski definition) is 3. The van der Waals surface area contributed by atoms with E-state index in [0.29, 0.717) is 32.4 Å². The minimum Gasteiger partial charge on any atom is -0.497 e. The van der Waals surface area contributed by atoms with Crippen LogP contribution in [0.15, 0.2) is 84.9 Å². The number of nitrogens with zero attached hydrogens (tertiary/aromatic N) is 1. The Labute approximate surface area is 202 Å². The molecule has 5 heteroatoms. The van der Waals surface area contributed by atoms with Gasteiger partial charge in [-0.15, -0.1) is 0 Å². The van der Waals surface area contributed by atoms with Gasteiger partial charge in [0, 0.05) is 25.9 Å². The first-order chi connectivity index (χ1) is 16.6. The molecule has 0 heterocycles. The fourth-order valence-corrected chi connectivity index (χ4v) is 3.93. The molecule has 0 aromatic heterocycles. The number of carbonyl (C=O) groups excluding carboxylic acids is 2. The first-order valence-electron chi connectivity index (χ1n) is 11.9. The molecule has 0 unspecified atom stereocenters. The number of methoxy groups -OCH3 is 1. The Morgan fingerprint density at radius 1 is 0.853 bits per heavy atom. The van der Waals surface area contributed by atoms with Crippen molar-refractivity contribution in [1.29, 1.82) is 0 Å². The van der Waals surface area contributed by atoms with E-state index in [4.69, 9.17) is 4.74 Å². The van der Waals surface area contributed by atoms with Crippen LogP contribution in [0.3, 0.4) is 0 Å². The van der Waals surface area contributed by atoms with E-state index in [1.807, 2.05) is 91.9 Å². The molecule has 0 saturated carbocycles. The maximum Gasteiger partial charge on any atom is 0.243 e. The average Bonchev–Trinajstić information content (AvgIpc) is 2.88. The van der Waals surface area contributed by atoms with Crippen LogP contribution < -0.4 is 10.1 Å². The molecule has 0 fully saturated rings. The van der Waals surface area contributed by atoms with E-state index < -0.39 is 6.04 Å². The largest absolute Gasteiger partial charge is 0.497 e. The van der Waals surface area contributed by atoms with Gasteiger partial charge in [0.05, 0.1) is 7.11 Å². The molecule has 0 radical (unpaired) electrons. The van der Waals surface area contributed by atoms with E-state index >= 15 is 0 Å². The van der Waals surface area contributed by atoms with Crippen molar-refractivity contribution in [1.82, 2.24) is 10.2 Å². The molecule has 1 N–H and O–H groups in total. The Balaban J connectivity index is 1.77. The van der Waals surface area contributed by atoms with Crippen molar-refractivity contribution in [3.05, 3.63) is 102 Å². The maximum atomic E-state index is 13.5. The third-order valence-corrected chi connectivity index (χ3v) is 5.80. The Kier molecular flexibility index (Phi) is 9.71. The average molecular weight is 459 g/mol. The van der Waals surface area contributed by atoms with Gasteiger partial charge in [-0.1, -0.05) is 79.7 Å². The zero-order chi connectivity index (χ0) is 24.2. The number of rotatable bonds is 12. The van der Waals surface area contributed by atoms with Crippen molar-refractivity contribution in [2.45, 2.75) is 45.2 Å². The number of benzene rings is 3. The third-order valence-electron chi connectivity index (χ3n) is 5.80. The van der Waals surface area contributed by atoms with Crippen molar-refractivity contribution in [3.63, 3.8) is 0 Å². The van der Waals surface area contributed by atoms with Gasteiger partial charge >= 0.3 is 0 Å². The molecule has 178 valence electrons. The fraction of sp³-hybridized carbons (Fsp3) is 0.310. The lowest BCUT2D eigenvalue weighted by molar-refractivity contribution is -0.141. The molecule has 1 atom stereocenters. The maximum absolute atomic E-state index is 13.5. The van der Waals surface area contributed by atoms with Crippen molar-refractivity contribution in [2.24, 2.45) is 0 Å². The summed E-state index contributed by atoms with van der Waals surface area (Å²) in [5.41, 5.74) is 3.15. The van der Waals surface area contributed by atoms with Gasteiger partial charge in [-0.3, -0.25) is 9.59 Å². The first kappa shape index (κ1) is 25.0. The second-order valence-electron chi connectivity index (χ2n) is 8.35. The van der Waals surface area contributed by atoms with Crippen LogP contribution in [0.1, 0.15) is 36.5 Å². The van der Waals surface area contributed by atoms with Crippen LogP contribution in [-0.2, 0) is 29.0 Å². The van der Waals surface area contributed by atoms with Crippen LogP contribution in [0, 0.1) is 0 Å². The topological polar surface area (TPSA) is 58.6 Å². The Hall–Kier alpha value is -3.60. The zero-order valence-electron chi connectivity index (χ0n) is 20.1. The van der Waals surface area contributed by atoms with Gasteiger partial charge in [-0.25, -0.2) is 0 Å². The van der Waals surface area contributed by atoms with Crippen LogP contribution in [0.2, 0.25) is 0 Å². The van der Waals surface area contributed by atoms with Crippen LogP contribution >= 0.6 is 0 Å². The van der Waals surface area contributed by atoms with Gasteiger partial charge in [0.1, 0.15) is 11.8 Å². The quantitative estimate of drug-likeness (QED) is 0.424. The smallest absolute Gasteiger partial charge is 0.243 e. The molecule has 0 aliphatic rings. The van der Waals surface area contributed by atoms with E-state index in [9.17, 15) is 9.59 Å². The Morgan fingerprint density at radius 2 is 1.47 bits per heavy atom. The molecule has 3 aromatic rings. The number of carbonyl (C=O) groups is 2. The summed E-state index contributed by atoms with van der Waals surface area (Å²) in [5, 5.41) is 3.08. The highest BCUT2D eigenvalue weighted by Gasteiger charge is 2.29. The predicted molar refractivity (Wildman–Crippen MR) is 136 cm³/mol. The van der Waals surface area contributed by atoms with Crippen molar-refractivity contribution in [3.8, 4) is 5.75 Å². The standard InChI is InChI=1S/C29H34N2O3/c1-3-10-28(32)31(22-25-13-8-5-9-14-25)27(21-24-11-6-4-7-12-24)29(33)30-20-19-23-15-17-26(34-2)18-16-23/h4-9,11-18,27H,3,10,19-22H2,1-2H3,(H,30,33)/t27-/m0/s1. The van der Waals surface area contributed by atoms with Crippen LogP contribution in [0.25, 0.3) is 0 Å². The minimum atomic E-state index is -0.586. The number of hydrogen-bond donors (Lipinski definition) is 1. The second kappa shape index (κ2) is 13.2. The summed E-state index contributed by atoms with van der Waals surface area (Å²) in [6.45, 7) is 2.89. The SMILES string of the molecule is CCCC(=O)N(Cc1ccccc1)[C@@H](Cc1ccccc1)C(=O)NCCc1ccc(OC)cc1. The lowest BCUT2D eigenvalue weighted by Crippen LogP contribution is -2.50. The lowest BCUT2D eigenvalue weighted by atomic mass is 10.0. The second-order valence-corrected chi connectivity index (χ2v) is 8.35. The summed E-state index contributed by atoms with van der Waals surface area (Å²) in [5.74, 6) is 0.678. The summed E-state index contributed by atoms with van der Waals surface area (Å²) in [7, 11) is 1.64. The molecule has 2 amide bonds. The normalized spacial score (nSPS) is 11.5. The molecule has 3 rings (SSSR count). The zero-order valence-corrected chi connectivity index (χ0v) is 20.1. The molecule has 34 heavy (non-hydrogen) atoms. The van der Waals surface area contributed by atoms with Crippen molar-refractivity contribution < 1.29 is 14.3 Å². The molecule has 0 aliphatic carbocycles. The van der Waals surface area contributed by atoms with Crippen LogP contribution in [0.5, 0.6) is 5.75 Å². The van der Waals surface area contributed by atoms with Gasteiger partial charge in [0.2, 0.25) is 11.8 Å².